The lowest BCUT2D eigenvalue weighted by Gasteiger charge is -2.08. The summed E-state index contributed by atoms with van der Waals surface area (Å²) in [5, 5.41) is 0. The average Bonchev–Trinajstić information content (AvgIpc) is 2.26. The summed E-state index contributed by atoms with van der Waals surface area (Å²) < 4.78 is 42.2. The molecule has 0 saturated carbocycles. The molecule has 7 heteroatoms. The highest BCUT2D eigenvalue weighted by Crippen LogP contribution is 2.23. The van der Waals surface area contributed by atoms with Crippen molar-refractivity contribution < 1.29 is 22.7 Å². The minimum atomic E-state index is -2.93. The number of halogens is 4. The van der Waals surface area contributed by atoms with Crippen LogP contribution in [0.1, 0.15) is 28.0 Å². The van der Waals surface area contributed by atoms with E-state index in [1.807, 2.05) is 0 Å². The first-order chi connectivity index (χ1) is 7.51. The normalized spacial score (nSPS) is 10.6. The third-order valence-corrected chi connectivity index (χ3v) is 2.12. The third kappa shape index (κ3) is 2.44. The van der Waals surface area contributed by atoms with Crippen molar-refractivity contribution in [1.82, 2.24) is 4.98 Å². The molecule has 1 rings (SSSR count). The van der Waals surface area contributed by atoms with Gasteiger partial charge >= 0.3 is 5.97 Å². The number of hydrogen-bond acceptors (Lipinski definition) is 3. The van der Waals surface area contributed by atoms with Crippen molar-refractivity contribution in [1.29, 1.82) is 0 Å². The molecule has 0 atom stereocenters. The Morgan fingerprint density at radius 3 is 2.69 bits per heavy atom. The number of ether oxygens (including phenoxy) is 1. The Kier molecular flexibility index (Phi) is 4.12. The first kappa shape index (κ1) is 12.8. The van der Waals surface area contributed by atoms with Crippen LogP contribution in [0.25, 0.3) is 0 Å². The molecule has 1 heterocycles. The topological polar surface area (TPSA) is 39.2 Å². The van der Waals surface area contributed by atoms with Crippen LogP contribution in [0.5, 0.6) is 0 Å². The van der Waals surface area contributed by atoms with Crippen molar-refractivity contribution in [3.63, 3.8) is 0 Å². The molecule has 3 nitrogen and oxygen atoms in total. The summed E-state index contributed by atoms with van der Waals surface area (Å²) >= 11 is 5.43. The minimum absolute atomic E-state index is 0.0729. The van der Waals surface area contributed by atoms with E-state index in [-0.39, 0.29) is 11.4 Å². The van der Waals surface area contributed by atoms with Gasteiger partial charge in [0, 0.05) is 5.88 Å². The number of alkyl halides is 3. The maximum atomic E-state index is 13.3. The van der Waals surface area contributed by atoms with Crippen molar-refractivity contribution in [2.45, 2.75) is 12.3 Å². The highest BCUT2D eigenvalue weighted by atomic mass is 35.5. The predicted octanol–water partition coefficient (Wildman–Crippen LogP) is 2.68. The van der Waals surface area contributed by atoms with E-state index in [1.165, 1.54) is 0 Å². The SMILES string of the molecule is COC(=O)c1c(CCl)cc(C(F)F)nc1F. The van der Waals surface area contributed by atoms with Gasteiger partial charge in [0.15, 0.2) is 0 Å². The van der Waals surface area contributed by atoms with Gasteiger partial charge in [-0.05, 0) is 11.6 Å². The maximum Gasteiger partial charge on any atom is 0.342 e. The van der Waals surface area contributed by atoms with Crippen LogP contribution in [0.3, 0.4) is 0 Å². The Bertz CT molecular complexity index is 412. The molecule has 16 heavy (non-hydrogen) atoms. The fourth-order valence-corrected chi connectivity index (χ4v) is 1.33. The van der Waals surface area contributed by atoms with E-state index >= 15 is 0 Å². The van der Waals surface area contributed by atoms with Crippen LogP contribution in [0.2, 0.25) is 0 Å². The van der Waals surface area contributed by atoms with E-state index in [2.05, 4.69) is 9.72 Å². The van der Waals surface area contributed by atoms with Gasteiger partial charge < -0.3 is 4.74 Å². The molecule has 0 N–H and O–H groups in total. The largest absolute Gasteiger partial charge is 0.465 e. The molecule has 0 fully saturated rings. The van der Waals surface area contributed by atoms with E-state index in [9.17, 15) is 18.0 Å². The lowest BCUT2D eigenvalue weighted by atomic mass is 10.1. The smallest absolute Gasteiger partial charge is 0.342 e. The quantitative estimate of drug-likeness (QED) is 0.472. The molecule has 0 saturated heterocycles. The number of aromatic nitrogens is 1. The first-order valence-corrected chi connectivity index (χ1v) is 4.66. The van der Waals surface area contributed by atoms with Crippen LogP contribution < -0.4 is 0 Å². The minimum Gasteiger partial charge on any atom is -0.465 e. The van der Waals surface area contributed by atoms with E-state index in [0.717, 1.165) is 13.2 Å². The Morgan fingerprint density at radius 1 is 1.62 bits per heavy atom. The Balaban J connectivity index is 3.34. The summed E-state index contributed by atoms with van der Waals surface area (Å²) in [5.74, 6) is -2.59. The molecule has 0 unspecified atom stereocenters. The molecule has 0 aromatic carbocycles. The molecule has 0 aliphatic heterocycles. The maximum absolute atomic E-state index is 13.3. The molecular formula is C9H7ClF3NO2. The van der Waals surface area contributed by atoms with E-state index in [1.54, 1.807) is 0 Å². The Labute approximate surface area is 94.2 Å². The van der Waals surface area contributed by atoms with Crippen LogP contribution in [0, 0.1) is 5.95 Å². The zero-order valence-corrected chi connectivity index (χ0v) is 8.89. The van der Waals surface area contributed by atoms with Gasteiger partial charge in [-0.2, -0.15) is 4.39 Å². The van der Waals surface area contributed by atoms with Gasteiger partial charge in [-0.25, -0.2) is 18.6 Å². The summed E-state index contributed by atoms with van der Waals surface area (Å²) in [5.41, 5.74) is -1.35. The summed E-state index contributed by atoms with van der Waals surface area (Å²) in [6.07, 6.45) is -2.93. The second kappa shape index (κ2) is 5.16. The monoisotopic (exact) mass is 253 g/mol. The second-order valence-corrected chi connectivity index (χ2v) is 3.07. The van der Waals surface area contributed by atoms with Gasteiger partial charge in [0.25, 0.3) is 6.43 Å². The standard InChI is InChI=1S/C9H7ClF3NO2/c1-16-9(15)6-4(3-10)2-5(7(11)12)14-8(6)13/h2,7H,3H2,1H3. The van der Waals surface area contributed by atoms with Crippen LogP contribution in [-0.4, -0.2) is 18.1 Å². The van der Waals surface area contributed by atoms with Crippen LogP contribution in [0.15, 0.2) is 6.07 Å². The number of rotatable bonds is 3. The summed E-state index contributed by atoms with van der Waals surface area (Å²) in [7, 11) is 1.04. The molecule has 88 valence electrons. The van der Waals surface area contributed by atoms with Crippen LogP contribution >= 0.6 is 11.6 Å². The van der Waals surface area contributed by atoms with Gasteiger partial charge in [-0.1, -0.05) is 0 Å². The number of methoxy groups -OCH3 is 1. The summed E-state index contributed by atoms with van der Waals surface area (Å²) in [6, 6.07) is 0.882. The van der Waals surface area contributed by atoms with Gasteiger partial charge in [0.05, 0.1) is 7.11 Å². The van der Waals surface area contributed by atoms with E-state index in [4.69, 9.17) is 11.6 Å². The molecule has 0 bridgehead atoms. The van der Waals surface area contributed by atoms with E-state index < -0.39 is 29.6 Å². The second-order valence-electron chi connectivity index (χ2n) is 2.80. The molecule has 1 aromatic heterocycles. The van der Waals surface area contributed by atoms with Gasteiger partial charge in [0.2, 0.25) is 5.95 Å². The number of carbonyl (C=O) groups excluding carboxylic acids is 1. The Morgan fingerprint density at radius 2 is 2.25 bits per heavy atom. The van der Waals surface area contributed by atoms with E-state index in [0.29, 0.717) is 0 Å². The average molecular weight is 254 g/mol. The molecule has 0 radical (unpaired) electrons. The van der Waals surface area contributed by atoms with Gasteiger partial charge in [-0.3, -0.25) is 0 Å². The van der Waals surface area contributed by atoms with Crippen molar-refractivity contribution in [3.05, 3.63) is 28.8 Å². The number of pyridine rings is 1. The van der Waals surface area contributed by atoms with Crippen molar-refractivity contribution in [2.75, 3.05) is 7.11 Å². The first-order valence-electron chi connectivity index (χ1n) is 4.13. The molecule has 0 spiro atoms. The number of esters is 1. The summed E-state index contributed by atoms with van der Waals surface area (Å²) in [4.78, 5) is 14.1. The van der Waals surface area contributed by atoms with Crippen molar-refractivity contribution in [3.8, 4) is 0 Å². The van der Waals surface area contributed by atoms with Crippen LogP contribution in [-0.2, 0) is 10.6 Å². The predicted molar refractivity (Wildman–Crippen MR) is 50.0 cm³/mol. The van der Waals surface area contributed by atoms with Crippen molar-refractivity contribution in [2.24, 2.45) is 0 Å². The Hall–Kier alpha value is -1.30. The number of carbonyl (C=O) groups is 1. The zero-order valence-electron chi connectivity index (χ0n) is 8.14. The lowest BCUT2D eigenvalue weighted by Crippen LogP contribution is -2.11. The highest BCUT2D eigenvalue weighted by Gasteiger charge is 2.22. The van der Waals surface area contributed by atoms with Gasteiger partial charge in [0.1, 0.15) is 11.3 Å². The fourth-order valence-electron chi connectivity index (χ4n) is 1.12. The zero-order chi connectivity index (χ0) is 12.3. The third-order valence-electron chi connectivity index (χ3n) is 1.83. The molecule has 0 amide bonds. The molecule has 0 aliphatic rings. The number of nitrogens with zero attached hydrogens (tertiary/aromatic N) is 1. The fraction of sp³-hybridized carbons (Fsp3) is 0.333. The number of hydrogen-bond donors (Lipinski definition) is 0. The van der Waals surface area contributed by atoms with Crippen LogP contribution in [0.4, 0.5) is 13.2 Å². The summed E-state index contributed by atoms with van der Waals surface area (Å²) in [6.45, 7) is 0. The molecule has 0 aliphatic carbocycles. The molecular weight excluding hydrogens is 247 g/mol. The molecule has 1 aromatic rings. The lowest BCUT2D eigenvalue weighted by molar-refractivity contribution is 0.0592. The highest BCUT2D eigenvalue weighted by molar-refractivity contribution is 6.17. The van der Waals surface area contributed by atoms with Gasteiger partial charge in [-0.15, -0.1) is 11.6 Å². The van der Waals surface area contributed by atoms with Crippen molar-refractivity contribution >= 4 is 17.6 Å².